The highest BCUT2D eigenvalue weighted by molar-refractivity contribution is 6.22. The van der Waals surface area contributed by atoms with Crippen LogP contribution in [-0.2, 0) is 9.59 Å². The monoisotopic (exact) mass is 288 g/mol. The molecule has 1 aromatic rings. The van der Waals surface area contributed by atoms with Crippen molar-refractivity contribution >= 4 is 17.5 Å². The van der Waals surface area contributed by atoms with E-state index in [4.69, 9.17) is 0 Å². The summed E-state index contributed by atoms with van der Waals surface area (Å²) in [6.45, 7) is 10.1. The number of benzene rings is 1. The lowest BCUT2D eigenvalue weighted by Crippen LogP contribution is -2.49. The molecule has 0 radical (unpaired) electrons. The predicted octanol–water partition coefficient (Wildman–Crippen LogP) is 2.71. The Morgan fingerprint density at radius 1 is 1.29 bits per heavy atom. The number of hydrogen-bond donors (Lipinski definition) is 1. The van der Waals surface area contributed by atoms with Crippen LogP contribution in [0.2, 0.25) is 0 Å². The Morgan fingerprint density at radius 2 is 1.95 bits per heavy atom. The van der Waals surface area contributed by atoms with Crippen molar-refractivity contribution in [3.8, 4) is 0 Å². The molecule has 0 spiro atoms. The lowest BCUT2D eigenvalue weighted by atomic mass is 10.00. The van der Waals surface area contributed by atoms with Crippen LogP contribution in [0.5, 0.6) is 0 Å². The van der Waals surface area contributed by atoms with Gasteiger partial charge in [-0.25, -0.2) is 4.90 Å². The van der Waals surface area contributed by atoms with Gasteiger partial charge in [0.1, 0.15) is 0 Å². The number of hydrogen-bond acceptors (Lipinski definition) is 3. The first-order chi connectivity index (χ1) is 9.76. The van der Waals surface area contributed by atoms with Crippen LogP contribution in [0.1, 0.15) is 44.7 Å². The first kappa shape index (κ1) is 15.7. The number of nitrogens with one attached hydrogen (secondary N) is 1. The van der Waals surface area contributed by atoms with E-state index >= 15 is 0 Å². The van der Waals surface area contributed by atoms with Crippen LogP contribution in [0.25, 0.3) is 0 Å². The molecule has 21 heavy (non-hydrogen) atoms. The maximum atomic E-state index is 12.6. The van der Waals surface area contributed by atoms with Crippen LogP contribution >= 0.6 is 0 Å². The average molecular weight is 288 g/mol. The average Bonchev–Trinajstić information content (AvgIpc) is 2.68. The van der Waals surface area contributed by atoms with Gasteiger partial charge in [0.05, 0.1) is 18.2 Å². The van der Waals surface area contributed by atoms with E-state index in [2.05, 4.69) is 12.2 Å². The molecule has 1 N–H and O–H groups in total. The van der Waals surface area contributed by atoms with Gasteiger partial charge in [-0.3, -0.25) is 9.59 Å². The number of nitrogens with zero attached hydrogens (tertiary/aromatic N) is 1. The van der Waals surface area contributed by atoms with Crippen molar-refractivity contribution in [2.45, 2.75) is 59.0 Å². The van der Waals surface area contributed by atoms with Crippen molar-refractivity contribution in [2.24, 2.45) is 0 Å². The normalized spacial score (nSPS) is 19.5. The highest BCUT2D eigenvalue weighted by atomic mass is 16.2. The Labute approximate surface area is 126 Å². The molecule has 114 valence electrons. The zero-order valence-corrected chi connectivity index (χ0v) is 13.5. The summed E-state index contributed by atoms with van der Waals surface area (Å²) in [5.41, 5.74) is 2.62. The largest absolute Gasteiger partial charge is 0.300 e. The van der Waals surface area contributed by atoms with Crippen LogP contribution in [-0.4, -0.2) is 23.4 Å². The number of carbonyl (C=O) groups excluding carboxylic acids is 2. The zero-order valence-electron chi connectivity index (χ0n) is 13.5. The van der Waals surface area contributed by atoms with Crippen LogP contribution in [0.4, 0.5) is 5.69 Å². The molecular weight excluding hydrogens is 264 g/mol. The summed E-state index contributed by atoms with van der Waals surface area (Å²) in [5.74, 6) is -0.270. The topological polar surface area (TPSA) is 49.4 Å². The Balaban J connectivity index is 2.29. The van der Waals surface area contributed by atoms with Crippen molar-refractivity contribution in [3.05, 3.63) is 29.3 Å². The van der Waals surface area contributed by atoms with Gasteiger partial charge in [-0.2, -0.15) is 0 Å². The highest BCUT2D eigenvalue weighted by Gasteiger charge is 2.41. The van der Waals surface area contributed by atoms with Crippen molar-refractivity contribution in [2.75, 3.05) is 4.90 Å². The van der Waals surface area contributed by atoms with Gasteiger partial charge < -0.3 is 5.32 Å². The molecule has 4 nitrogen and oxygen atoms in total. The third-order valence-electron chi connectivity index (χ3n) is 4.41. The van der Waals surface area contributed by atoms with Crippen LogP contribution in [0.3, 0.4) is 0 Å². The van der Waals surface area contributed by atoms with E-state index < -0.39 is 6.04 Å². The Kier molecular flexibility index (Phi) is 4.19. The fraction of sp³-hybridized carbons (Fsp3) is 0.529. The lowest BCUT2D eigenvalue weighted by molar-refractivity contribution is -0.121. The molecule has 1 heterocycles. The third-order valence-corrected chi connectivity index (χ3v) is 4.41. The number of imide groups is 1. The molecule has 4 heteroatoms. The smallest absolute Gasteiger partial charge is 0.251 e. The minimum absolute atomic E-state index is 0.127. The molecule has 0 bridgehead atoms. The summed E-state index contributed by atoms with van der Waals surface area (Å²) in [7, 11) is 0. The standard InChI is InChI=1S/C17H24N2O2/c1-6-17(4,5)18-13-10-15(20)19(16(13)21)14-9-7-8-11(2)12(14)3/h7-9,13,18H,6,10H2,1-5H3. The first-order valence-electron chi connectivity index (χ1n) is 7.47. The maximum Gasteiger partial charge on any atom is 0.251 e. The first-order valence-corrected chi connectivity index (χ1v) is 7.47. The van der Waals surface area contributed by atoms with Gasteiger partial charge in [-0.15, -0.1) is 0 Å². The second-order valence-corrected chi connectivity index (χ2v) is 6.42. The zero-order chi connectivity index (χ0) is 15.8. The Bertz CT molecular complexity index is 578. The molecule has 1 saturated heterocycles. The highest BCUT2D eigenvalue weighted by Crippen LogP contribution is 2.28. The molecule has 2 amide bonds. The summed E-state index contributed by atoms with van der Waals surface area (Å²) in [6, 6.07) is 5.28. The van der Waals surface area contributed by atoms with E-state index in [1.54, 1.807) is 0 Å². The predicted molar refractivity (Wildman–Crippen MR) is 84.3 cm³/mol. The third kappa shape index (κ3) is 3.00. The summed E-state index contributed by atoms with van der Waals surface area (Å²) in [5, 5.41) is 3.31. The van der Waals surface area contributed by atoms with Gasteiger partial charge in [0, 0.05) is 5.54 Å². The lowest BCUT2D eigenvalue weighted by Gasteiger charge is -2.28. The van der Waals surface area contributed by atoms with E-state index in [1.165, 1.54) is 4.90 Å². The molecule has 0 saturated carbocycles. The summed E-state index contributed by atoms with van der Waals surface area (Å²) >= 11 is 0. The van der Waals surface area contributed by atoms with E-state index in [-0.39, 0.29) is 23.8 Å². The number of aryl methyl sites for hydroxylation is 1. The maximum absolute atomic E-state index is 12.6. The molecule has 1 aromatic carbocycles. The number of carbonyl (C=O) groups is 2. The second kappa shape index (κ2) is 5.60. The van der Waals surface area contributed by atoms with Crippen molar-refractivity contribution in [1.82, 2.24) is 5.32 Å². The quantitative estimate of drug-likeness (QED) is 0.867. The summed E-state index contributed by atoms with van der Waals surface area (Å²) in [6.07, 6.45) is 1.13. The van der Waals surface area contributed by atoms with Crippen LogP contribution in [0.15, 0.2) is 18.2 Å². The molecule has 1 aliphatic heterocycles. The minimum Gasteiger partial charge on any atom is -0.300 e. The van der Waals surface area contributed by atoms with Gasteiger partial charge in [0.25, 0.3) is 5.91 Å². The van der Waals surface area contributed by atoms with Gasteiger partial charge in [-0.1, -0.05) is 19.1 Å². The van der Waals surface area contributed by atoms with Gasteiger partial charge in [-0.05, 0) is 51.3 Å². The summed E-state index contributed by atoms with van der Waals surface area (Å²) < 4.78 is 0. The van der Waals surface area contributed by atoms with Gasteiger partial charge in [0.15, 0.2) is 0 Å². The SMILES string of the molecule is CCC(C)(C)NC1CC(=O)N(c2cccc(C)c2C)C1=O. The van der Waals surface area contributed by atoms with Crippen LogP contribution < -0.4 is 10.2 Å². The molecule has 0 aliphatic carbocycles. The van der Waals surface area contributed by atoms with E-state index in [9.17, 15) is 9.59 Å². The van der Waals surface area contributed by atoms with Crippen molar-refractivity contribution in [1.29, 1.82) is 0 Å². The second-order valence-electron chi connectivity index (χ2n) is 6.42. The minimum atomic E-state index is -0.424. The van der Waals surface area contributed by atoms with Crippen LogP contribution in [0, 0.1) is 13.8 Å². The Morgan fingerprint density at radius 3 is 2.57 bits per heavy atom. The molecule has 0 aromatic heterocycles. The molecule has 1 aliphatic rings. The van der Waals surface area contributed by atoms with E-state index in [1.807, 2.05) is 45.9 Å². The number of rotatable bonds is 4. The van der Waals surface area contributed by atoms with Crippen molar-refractivity contribution < 1.29 is 9.59 Å². The fourth-order valence-electron chi connectivity index (χ4n) is 2.55. The van der Waals surface area contributed by atoms with Gasteiger partial charge in [0.2, 0.25) is 5.91 Å². The fourth-order valence-corrected chi connectivity index (χ4v) is 2.55. The molecule has 1 unspecified atom stereocenters. The van der Waals surface area contributed by atoms with Crippen molar-refractivity contribution in [3.63, 3.8) is 0 Å². The summed E-state index contributed by atoms with van der Waals surface area (Å²) in [4.78, 5) is 26.3. The molecular formula is C17H24N2O2. The molecule has 1 fully saturated rings. The number of anilines is 1. The number of amides is 2. The van der Waals surface area contributed by atoms with E-state index in [0.29, 0.717) is 5.69 Å². The molecule has 1 atom stereocenters. The molecule has 2 rings (SSSR count). The van der Waals surface area contributed by atoms with E-state index in [0.717, 1.165) is 17.5 Å². The van der Waals surface area contributed by atoms with Gasteiger partial charge >= 0.3 is 0 Å². The Hall–Kier alpha value is -1.68.